The van der Waals surface area contributed by atoms with E-state index in [9.17, 15) is 13.2 Å². The van der Waals surface area contributed by atoms with Gasteiger partial charge in [-0.3, -0.25) is 0 Å². The molecule has 1 saturated carbocycles. The molecule has 1 N–H and O–H groups in total. The molecule has 0 atom stereocenters. The zero-order valence-corrected chi connectivity index (χ0v) is 10.4. The van der Waals surface area contributed by atoms with Crippen LogP contribution < -0.4 is 10.1 Å². The van der Waals surface area contributed by atoms with Gasteiger partial charge in [0.1, 0.15) is 5.75 Å². The Balaban J connectivity index is 2.11. The van der Waals surface area contributed by atoms with Crippen molar-refractivity contribution in [2.45, 2.75) is 31.8 Å². The van der Waals surface area contributed by atoms with E-state index in [-0.39, 0.29) is 5.75 Å². The van der Waals surface area contributed by atoms with Crippen LogP contribution in [0, 0.1) is 0 Å². The van der Waals surface area contributed by atoms with E-state index in [1.54, 1.807) is 12.1 Å². The molecule has 0 radical (unpaired) electrons. The first-order valence-electron chi connectivity index (χ1n) is 5.21. The van der Waals surface area contributed by atoms with Gasteiger partial charge in [-0.2, -0.15) is 0 Å². The van der Waals surface area contributed by atoms with Gasteiger partial charge >= 0.3 is 6.36 Å². The standard InChI is InChI=1S/C11H11BrF3NO/c12-8-2-1-7(6-16-9-3-4-9)10(5-8)17-11(13,14)15/h1-2,5,9,16H,3-4,6H2. The largest absolute Gasteiger partial charge is 0.573 e. The van der Waals surface area contributed by atoms with Crippen LogP contribution in [0.15, 0.2) is 22.7 Å². The lowest BCUT2D eigenvalue weighted by atomic mass is 10.2. The van der Waals surface area contributed by atoms with Crippen LogP contribution in [0.2, 0.25) is 0 Å². The predicted octanol–water partition coefficient (Wildman–Crippen LogP) is 3.60. The molecular formula is C11H11BrF3NO. The number of hydrogen-bond donors (Lipinski definition) is 1. The Bertz CT molecular complexity index is 404. The smallest absolute Gasteiger partial charge is 0.405 e. The summed E-state index contributed by atoms with van der Waals surface area (Å²) in [6.45, 7) is 0.392. The number of ether oxygens (including phenoxy) is 1. The highest BCUT2D eigenvalue weighted by Gasteiger charge is 2.32. The van der Waals surface area contributed by atoms with Crippen LogP contribution in [0.4, 0.5) is 13.2 Å². The van der Waals surface area contributed by atoms with Gasteiger partial charge in [-0.1, -0.05) is 22.0 Å². The zero-order chi connectivity index (χ0) is 12.5. The maximum Gasteiger partial charge on any atom is 0.573 e. The van der Waals surface area contributed by atoms with Crippen molar-refractivity contribution in [2.75, 3.05) is 0 Å². The molecule has 0 aliphatic heterocycles. The minimum absolute atomic E-state index is 0.153. The molecule has 0 heterocycles. The van der Waals surface area contributed by atoms with E-state index in [0.717, 1.165) is 12.8 Å². The third-order valence-corrected chi connectivity index (χ3v) is 2.91. The molecule has 1 aromatic rings. The van der Waals surface area contributed by atoms with E-state index >= 15 is 0 Å². The Morgan fingerprint density at radius 1 is 1.35 bits per heavy atom. The number of halogens is 4. The zero-order valence-electron chi connectivity index (χ0n) is 8.85. The SMILES string of the molecule is FC(F)(F)Oc1cc(Br)ccc1CNC1CC1. The molecule has 6 heteroatoms. The minimum atomic E-state index is -4.66. The average Bonchev–Trinajstić information content (AvgIpc) is 2.97. The van der Waals surface area contributed by atoms with Gasteiger partial charge in [0, 0.05) is 22.6 Å². The Morgan fingerprint density at radius 2 is 2.06 bits per heavy atom. The van der Waals surface area contributed by atoms with E-state index in [1.165, 1.54) is 6.07 Å². The molecule has 94 valence electrons. The van der Waals surface area contributed by atoms with Crippen molar-refractivity contribution in [3.63, 3.8) is 0 Å². The van der Waals surface area contributed by atoms with Gasteiger partial charge < -0.3 is 10.1 Å². The number of alkyl halides is 3. The summed E-state index contributed by atoms with van der Waals surface area (Å²) >= 11 is 3.13. The maximum absolute atomic E-state index is 12.2. The van der Waals surface area contributed by atoms with Crippen LogP contribution in [-0.4, -0.2) is 12.4 Å². The lowest BCUT2D eigenvalue weighted by Crippen LogP contribution is -2.20. The van der Waals surface area contributed by atoms with Gasteiger partial charge in [0.2, 0.25) is 0 Å². The third kappa shape index (κ3) is 4.20. The number of hydrogen-bond acceptors (Lipinski definition) is 2. The van der Waals surface area contributed by atoms with Crippen LogP contribution in [-0.2, 0) is 6.54 Å². The average molecular weight is 310 g/mol. The molecule has 0 unspecified atom stereocenters. The van der Waals surface area contributed by atoms with Crippen molar-refractivity contribution in [3.05, 3.63) is 28.2 Å². The topological polar surface area (TPSA) is 21.3 Å². The highest BCUT2D eigenvalue weighted by molar-refractivity contribution is 9.10. The van der Waals surface area contributed by atoms with E-state index in [4.69, 9.17) is 0 Å². The summed E-state index contributed by atoms with van der Waals surface area (Å²) in [6.07, 6.45) is -2.48. The Morgan fingerprint density at radius 3 is 2.65 bits per heavy atom. The molecule has 0 spiro atoms. The van der Waals surface area contributed by atoms with Crippen LogP contribution in [0.3, 0.4) is 0 Å². The monoisotopic (exact) mass is 309 g/mol. The summed E-state index contributed by atoms with van der Waals surface area (Å²) in [5, 5.41) is 3.16. The molecule has 0 amide bonds. The minimum Gasteiger partial charge on any atom is -0.405 e. The van der Waals surface area contributed by atoms with Crippen molar-refractivity contribution in [2.24, 2.45) is 0 Å². The first-order valence-corrected chi connectivity index (χ1v) is 6.01. The van der Waals surface area contributed by atoms with Crippen LogP contribution in [0.25, 0.3) is 0 Å². The van der Waals surface area contributed by atoms with Crippen LogP contribution in [0.1, 0.15) is 18.4 Å². The first-order chi connectivity index (χ1) is 7.94. The van der Waals surface area contributed by atoms with Gasteiger partial charge in [0.05, 0.1) is 0 Å². The molecule has 2 rings (SSSR count). The lowest BCUT2D eigenvalue weighted by molar-refractivity contribution is -0.274. The van der Waals surface area contributed by atoms with Crippen molar-refractivity contribution in [1.29, 1.82) is 0 Å². The number of rotatable bonds is 4. The highest BCUT2D eigenvalue weighted by atomic mass is 79.9. The first kappa shape index (κ1) is 12.7. The summed E-state index contributed by atoms with van der Waals surface area (Å²) < 4.78 is 41.2. The van der Waals surface area contributed by atoms with Crippen molar-refractivity contribution in [1.82, 2.24) is 5.32 Å². The summed E-state index contributed by atoms with van der Waals surface area (Å²) in [6, 6.07) is 5.10. The summed E-state index contributed by atoms with van der Waals surface area (Å²) in [4.78, 5) is 0. The van der Waals surface area contributed by atoms with Crippen molar-refractivity contribution >= 4 is 15.9 Å². The Hall–Kier alpha value is -0.750. The predicted molar refractivity (Wildman–Crippen MR) is 60.7 cm³/mol. The fourth-order valence-electron chi connectivity index (χ4n) is 1.44. The molecule has 1 aromatic carbocycles. The van der Waals surface area contributed by atoms with Crippen LogP contribution in [0.5, 0.6) is 5.75 Å². The fraction of sp³-hybridized carbons (Fsp3) is 0.455. The van der Waals surface area contributed by atoms with Crippen molar-refractivity contribution < 1.29 is 17.9 Å². The molecule has 1 aliphatic carbocycles. The second-order valence-corrected chi connectivity index (χ2v) is 4.87. The third-order valence-electron chi connectivity index (χ3n) is 2.41. The molecular weight excluding hydrogens is 299 g/mol. The molecule has 0 bridgehead atoms. The number of benzene rings is 1. The van der Waals surface area contributed by atoms with Gasteiger partial charge in [-0.25, -0.2) is 0 Å². The highest BCUT2D eigenvalue weighted by Crippen LogP contribution is 2.30. The van der Waals surface area contributed by atoms with E-state index in [2.05, 4.69) is 26.0 Å². The fourth-order valence-corrected chi connectivity index (χ4v) is 1.78. The van der Waals surface area contributed by atoms with Gasteiger partial charge in [0.25, 0.3) is 0 Å². The second kappa shape index (κ2) is 4.86. The van der Waals surface area contributed by atoms with Gasteiger partial charge in [-0.05, 0) is 25.0 Å². The van der Waals surface area contributed by atoms with Gasteiger partial charge in [0.15, 0.2) is 0 Å². The quantitative estimate of drug-likeness (QED) is 0.917. The van der Waals surface area contributed by atoms with Gasteiger partial charge in [-0.15, -0.1) is 13.2 Å². The molecule has 1 fully saturated rings. The molecule has 0 aromatic heterocycles. The number of nitrogens with one attached hydrogen (secondary N) is 1. The lowest BCUT2D eigenvalue weighted by Gasteiger charge is -2.14. The van der Waals surface area contributed by atoms with Crippen LogP contribution >= 0.6 is 15.9 Å². The molecule has 0 saturated heterocycles. The normalized spacial score (nSPS) is 16.0. The molecule has 1 aliphatic rings. The summed E-state index contributed by atoms with van der Waals surface area (Å²) in [5.41, 5.74) is 0.512. The van der Waals surface area contributed by atoms with E-state index < -0.39 is 6.36 Å². The molecule has 17 heavy (non-hydrogen) atoms. The van der Waals surface area contributed by atoms with E-state index in [0.29, 0.717) is 22.6 Å². The van der Waals surface area contributed by atoms with Crippen molar-refractivity contribution in [3.8, 4) is 5.75 Å². The molecule has 2 nitrogen and oxygen atoms in total. The second-order valence-electron chi connectivity index (χ2n) is 3.96. The summed E-state index contributed by atoms with van der Waals surface area (Å²) in [5.74, 6) is -0.153. The Labute approximate surface area is 105 Å². The Kier molecular flexibility index (Phi) is 3.63. The van der Waals surface area contributed by atoms with E-state index in [1.807, 2.05) is 0 Å². The summed E-state index contributed by atoms with van der Waals surface area (Å²) in [7, 11) is 0. The maximum atomic E-state index is 12.2.